The number of hydrogen-bond donors (Lipinski definition) is 3. The molecule has 0 bridgehead atoms. The number of amides is 1. The second kappa shape index (κ2) is 10.2. The summed E-state index contributed by atoms with van der Waals surface area (Å²) in [4.78, 5) is 18.1. The molecule has 1 unspecified atom stereocenters. The lowest BCUT2D eigenvalue weighted by Crippen LogP contribution is -2.31. The molecule has 34 heavy (non-hydrogen) atoms. The third-order valence-corrected chi connectivity index (χ3v) is 6.91. The number of anilines is 1. The summed E-state index contributed by atoms with van der Waals surface area (Å²) >= 11 is 0. The zero-order valence-electron chi connectivity index (χ0n) is 20.4. The topological polar surface area (TPSA) is 104 Å². The molecule has 4 rings (SSSR count). The van der Waals surface area contributed by atoms with Crippen LogP contribution in [-0.4, -0.2) is 37.6 Å². The maximum atomic E-state index is 13.5. The Morgan fingerprint density at radius 1 is 1.21 bits per heavy atom. The molecular weight excluding hydrogens is 428 g/mol. The van der Waals surface area contributed by atoms with Crippen LogP contribution in [-0.2, 0) is 6.54 Å². The Hall–Kier alpha value is -3.42. The molecule has 0 spiro atoms. The van der Waals surface area contributed by atoms with E-state index >= 15 is 0 Å². The van der Waals surface area contributed by atoms with E-state index in [1.165, 1.54) is 11.1 Å². The van der Waals surface area contributed by atoms with Gasteiger partial charge in [-0.25, -0.2) is 9.67 Å². The number of nitrogens with one attached hydrogen (secondary N) is 2. The minimum absolute atomic E-state index is 0.0910. The fourth-order valence-electron chi connectivity index (χ4n) is 4.62. The van der Waals surface area contributed by atoms with Gasteiger partial charge in [-0.05, 0) is 69.6 Å². The van der Waals surface area contributed by atoms with Crippen molar-refractivity contribution >= 4 is 28.3 Å². The van der Waals surface area contributed by atoms with E-state index < -0.39 is 0 Å². The van der Waals surface area contributed by atoms with E-state index in [0.29, 0.717) is 12.1 Å². The first kappa shape index (κ1) is 23.7. The molecule has 1 fully saturated rings. The van der Waals surface area contributed by atoms with Crippen LogP contribution in [0.15, 0.2) is 35.7 Å². The Morgan fingerprint density at radius 2 is 1.97 bits per heavy atom. The zero-order valence-corrected chi connectivity index (χ0v) is 20.4. The van der Waals surface area contributed by atoms with Crippen LogP contribution in [0.4, 0.5) is 5.69 Å². The van der Waals surface area contributed by atoms with Gasteiger partial charge in [-0.15, -0.1) is 0 Å². The molecule has 1 atom stereocenters. The van der Waals surface area contributed by atoms with E-state index in [4.69, 9.17) is 5.21 Å². The Kier molecular flexibility index (Phi) is 7.14. The molecule has 2 aromatic heterocycles. The van der Waals surface area contributed by atoms with Gasteiger partial charge in [-0.2, -0.15) is 5.10 Å². The SMILES string of the molecule is CCC(NC(=O)c1cnc2c(cnn2CC)c1NC1CCC(=NO)CC1)c1ccc(C)c(C)c1. The Labute approximate surface area is 200 Å². The second-order valence-electron chi connectivity index (χ2n) is 9.11. The van der Waals surface area contributed by atoms with Crippen molar-refractivity contribution in [2.24, 2.45) is 5.16 Å². The highest BCUT2D eigenvalue weighted by Gasteiger charge is 2.24. The molecule has 3 N–H and O–H groups in total. The first-order chi connectivity index (χ1) is 16.4. The van der Waals surface area contributed by atoms with E-state index in [0.717, 1.165) is 60.1 Å². The number of hydrogen-bond acceptors (Lipinski definition) is 6. The lowest BCUT2D eigenvalue weighted by molar-refractivity contribution is 0.0936. The van der Waals surface area contributed by atoms with Crippen LogP contribution in [0.2, 0.25) is 0 Å². The summed E-state index contributed by atoms with van der Waals surface area (Å²) in [7, 11) is 0. The minimum atomic E-state index is -0.153. The maximum absolute atomic E-state index is 13.5. The zero-order chi connectivity index (χ0) is 24.2. The molecular formula is C26H34N6O2. The fraction of sp³-hybridized carbons (Fsp3) is 0.462. The molecule has 8 nitrogen and oxygen atoms in total. The monoisotopic (exact) mass is 462 g/mol. The van der Waals surface area contributed by atoms with Gasteiger partial charge in [0.1, 0.15) is 0 Å². The Balaban J connectivity index is 1.65. The van der Waals surface area contributed by atoms with E-state index in [2.05, 4.69) is 64.8 Å². The third-order valence-electron chi connectivity index (χ3n) is 6.91. The van der Waals surface area contributed by atoms with Crippen molar-refractivity contribution in [2.75, 3.05) is 5.32 Å². The molecule has 3 aromatic rings. The molecule has 1 aliphatic rings. The molecule has 8 heteroatoms. The van der Waals surface area contributed by atoms with E-state index in [1.54, 1.807) is 12.4 Å². The third kappa shape index (κ3) is 4.76. The Bertz CT molecular complexity index is 1210. The summed E-state index contributed by atoms with van der Waals surface area (Å²) in [6, 6.07) is 6.43. The number of aromatic nitrogens is 3. The van der Waals surface area contributed by atoms with Gasteiger partial charge in [-0.3, -0.25) is 4.79 Å². The quantitative estimate of drug-likeness (QED) is 0.333. The van der Waals surface area contributed by atoms with Crippen LogP contribution < -0.4 is 10.6 Å². The fourth-order valence-corrected chi connectivity index (χ4v) is 4.62. The number of carbonyl (C=O) groups excluding carboxylic acids is 1. The Morgan fingerprint density at radius 3 is 2.62 bits per heavy atom. The molecule has 0 radical (unpaired) electrons. The number of fused-ring (bicyclic) bond motifs is 1. The first-order valence-electron chi connectivity index (χ1n) is 12.1. The maximum Gasteiger partial charge on any atom is 0.255 e. The van der Waals surface area contributed by atoms with Crippen molar-refractivity contribution in [3.05, 3.63) is 52.8 Å². The predicted octanol–water partition coefficient (Wildman–Crippen LogP) is 5.13. The lowest BCUT2D eigenvalue weighted by atomic mass is 9.93. The second-order valence-corrected chi connectivity index (χ2v) is 9.11. The summed E-state index contributed by atoms with van der Waals surface area (Å²) < 4.78 is 1.84. The number of nitrogens with zero attached hydrogens (tertiary/aromatic N) is 4. The summed E-state index contributed by atoms with van der Waals surface area (Å²) in [5.74, 6) is -0.153. The molecule has 1 aromatic carbocycles. The van der Waals surface area contributed by atoms with E-state index in [1.807, 2.05) is 11.6 Å². The van der Waals surface area contributed by atoms with Gasteiger partial charge < -0.3 is 15.8 Å². The van der Waals surface area contributed by atoms with Crippen LogP contribution in [0.1, 0.15) is 79.0 Å². The van der Waals surface area contributed by atoms with Crippen molar-refractivity contribution in [2.45, 2.75) is 78.4 Å². The van der Waals surface area contributed by atoms with Gasteiger partial charge >= 0.3 is 0 Å². The highest BCUT2D eigenvalue weighted by Crippen LogP contribution is 2.30. The molecule has 1 saturated carbocycles. The van der Waals surface area contributed by atoms with Crippen molar-refractivity contribution in [3.63, 3.8) is 0 Å². The van der Waals surface area contributed by atoms with Gasteiger partial charge in [0.2, 0.25) is 0 Å². The average molecular weight is 463 g/mol. The number of benzene rings is 1. The van der Waals surface area contributed by atoms with Gasteiger partial charge in [0.25, 0.3) is 5.91 Å². The van der Waals surface area contributed by atoms with Gasteiger partial charge in [0.05, 0.1) is 34.6 Å². The lowest BCUT2D eigenvalue weighted by Gasteiger charge is -2.26. The molecule has 180 valence electrons. The number of pyridine rings is 1. The van der Waals surface area contributed by atoms with Crippen LogP contribution >= 0.6 is 0 Å². The van der Waals surface area contributed by atoms with E-state index in [9.17, 15) is 4.79 Å². The van der Waals surface area contributed by atoms with Gasteiger partial charge in [0, 0.05) is 18.8 Å². The van der Waals surface area contributed by atoms with E-state index in [-0.39, 0.29) is 18.0 Å². The number of carbonyl (C=O) groups is 1. The summed E-state index contributed by atoms with van der Waals surface area (Å²) in [5, 5.41) is 24.6. The number of oxime groups is 1. The molecule has 1 aliphatic carbocycles. The average Bonchev–Trinajstić information content (AvgIpc) is 3.28. The molecule has 2 heterocycles. The van der Waals surface area contributed by atoms with Crippen LogP contribution in [0.25, 0.3) is 11.0 Å². The summed E-state index contributed by atoms with van der Waals surface area (Å²) in [6.45, 7) is 8.98. The minimum Gasteiger partial charge on any atom is -0.411 e. The van der Waals surface area contributed by atoms with Gasteiger partial charge in [0.15, 0.2) is 5.65 Å². The number of rotatable bonds is 7. The normalized spacial score (nSPS) is 16.9. The van der Waals surface area contributed by atoms with Crippen molar-refractivity contribution < 1.29 is 10.0 Å². The largest absolute Gasteiger partial charge is 0.411 e. The summed E-state index contributed by atoms with van der Waals surface area (Å²) in [6.07, 6.45) is 7.39. The van der Waals surface area contributed by atoms with Gasteiger partial charge in [-0.1, -0.05) is 30.3 Å². The van der Waals surface area contributed by atoms with Crippen molar-refractivity contribution in [1.29, 1.82) is 0 Å². The highest BCUT2D eigenvalue weighted by molar-refractivity contribution is 6.06. The predicted molar refractivity (Wildman–Crippen MR) is 135 cm³/mol. The molecule has 0 saturated heterocycles. The standard InChI is InChI=1S/C26H34N6O2/c1-5-23(18-8-7-16(3)17(4)13-18)30-26(33)22-14-27-25-21(15-28-32(25)6-2)24(22)29-19-9-11-20(31-34)12-10-19/h7-8,13-15,19,23,34H,5-6,9-12H2,1-4H3,(H,27,29)(H,30,33). The van der Waals surface area contributed by atoms with Crippen LogP contribution in [0, 0.1) is 13.8 Å². The number of aryl methyl sites for hydroxylation is 3. The first-order valence-corrected chi connectivity index (χ1v) is 12.1. The molecule has 0 aliphatic heterocycles. The van der Waals surface area contributed by atoms with Crippen molar-refractivity contribution in [3.8, 4) is 0 Å². The van der Waals surface area contributed by atoms with Crippen molar-refractivity contribution in [1.82, 2.24) is 20.1 Å². The molecule has 1 amide bonds. The summed E-state index contributed by atoms with van der Waals surface area (Å²) in [5.41, 5.74) is 6.43. The smallest absolute Gasteiger partial charge is 0.255 e. The van der Waals surface area contributed by atoms with Crippen LogP contribution in [0.5, 0.6) is 0 Å². The van der Waals surface area contributed by atoms with Crippen LogP contribution in [0.3, 0.4) is 0 Å². The highest BCUT2D eigenvalue weighted by atomic mass is 16.4.